The Morgan fingerprint density at radius 3 is 2.97 bits per heavy atom. The molecule has 0 aliphatic heterocycles. The fourth-order valence-electron chi connectivity index (χ4n) is 4.90. The molecule has 162 valence electrons. The molecule has 0 saturated heterocycles. The van der Waals surface area contributed by atoms with Gasteiger partial charge in [0.1, 0.15) is 17.3 Å². The standard InChI is InChI=1S/C24H20F2N4O2/c25-14-1-4-21(19(26)9-14)30-23-17-7-13(17)8-18(23)22(29-30)24(32)27-6-5-12-11-28-20-3-2-15(31)10-16(12)20/h1-4,9-11,13,17,28,31H,5-8H2,(H,27,32)/t13-,17-/m1/s1. The number of nitrogens with one attached hydrogen (secondary N) is 2. The minimum absolute atomic E-state index is 0.160. The zero-order valence-corrected chi connectivity index (χ0v) is 17.0. The highest BCUT2D eigenvalue weighted by Gasteiger charge is 2.50. The summed E-state index contributed by atoms with van der Waals surface area (Å²) in [5.74, 6) is -0.705. The van der Waals surface area contributed by atoms with Gasteiger partial charge in [0, 0.05) is 41.2 Å². The van der Waals surface area contributed by atoms with Gasteiger partial charge in [0.05, 0.1) is 5.69 Å². The quantitative estimate of drug-likeness (QED) is 0.445. The first-order chi connectivity index (χ1) is 15.5. The lowest BCUT2D eigenvalue weighted by atomic mass is 10.1. The van der Waals surface area contributed by atoms with Gasteiger partial charge in [-0.1, -0.05) is 0 Å². The summed E-state index contributed by atoms with van der Waals surface area (Å²) in [5, 5.41) is 18.0. The first kappa shape index (κ1) is 19.0. The molecular formula is C24H20F2N4O2. The van der Waals surface area contributed by atoms with Crippen molar-refractivity contribution in [2.45, 2.75) is 25.2 Å². The van der Waals surface area contributed by atoms with Gasteiger partial charge >= 0.3 is 0 Å². The Morgan fingerprint density at radius 1 is 1.25 bits per heavy atom. The molecular weight excluding hydrogens is 414 g/mol. The summed E-state index contributed by atoms with van der Waals surface area (Å²) in [7, 11) is 0. The molecule has 2 aromatic heterocycles. The third-order valence-electron chi connectivity index (χ3n) is 6.55. The van der Waals surface area contributed by atoms with Crippen molar-refractivity contribution in [3.63, 3.8) is 0 Å². The zero-order valence-electron chi connectivity index (χ0n) is 17.0. The molecule has 8 heteroatoms. The van der Waals surface area contributed by atoms with E-state index in [0.717, 1.165) is 46.6 Å². The fraction of sp³-hybridized carbons (Fsp3) is 0.250. The molecule has 2 atom stereocenters. The first-order valence-electron chi connectivity index (χ1n) is 10.6. The predicted octanol–water partition coefficient (Wildman–Crippen LogP) is 3.97. The summed E-state index contributed by atoms with van der Waals surface area (Å²) in [4.78, 5) is 16.1. The van der Waals surface area contributed by atoms with Gasteiger partial charge in [-0.3, -0.25) is 4.79 Å². The number of hydrogen-bond acceptors (Lipinski definition) is 3. The van der Waals surface area contributed by atoms with Gasteiger partial charge in [-0.25, -0.2) is 13.5 Å². The molecule has 1 fully saturated rings. The number of benzene rings is 2. The number of fused-ring (bicyclic) bond motifs is 4. The molecule has 6 nitrogen and oxygen atoms in total. The SMILES string of the molecule is O=C(NCCc1c[nH]c2ccc(O)cc12)c1nn(-c2ccc(F)cc2F)c2c1C[C@H]1C[C@@H]21. The average molecular weight is 434 g/mol. The maximum absolute atomic E-state index is 14.4. The topological polar surface area (TPSA) is 82.9 Å². The molecule has 2 heterocycles. The second-order valence-electron chi connectivity index (χ2n) is 8.58. The molecule has 2 aliphatic carbocycles. The summed E-state index contributed by atoms with van der Waals surface area (Å²) in [6.45, 7) is 0.390. The van der Waals surface area contributed by atoms with Crippen LogP contribution in [0.5, 0.6) is 5.75 Å². The van der Waals surface area contributed by atoms with E-state index >= 15 is 0 Å². The van der Waals surface area contributed by atoms with E-state index in [4.69, 9.17) is 0 Å². The van der Waals surface area contributed by atoms with Gasteiger partial charge in [0.15, 0.2) is 11.5 Å². The maximum atomic E-state index is 14.4. The van der Waals surface area contributed by atoms with Crippen LogP contribution in [0.2, 0.25) is 0 Å². The number of aromatic nitrogens is 3. The van der Waals surface area contributed by atoms with Gasteiger partial charge in [-0.15, -0.1) is 0 Å². The van der Waals surface area contributed by atoms with E-state index in [1.165, 1.54) is 16.8 Å². The van der Waals surface area contributed by atoms with Gasteiger partial charge in [0.25, 0.3) is 5.91 Å². The Kier molecular flexibility index (Phi) is 4.11. The van der Waals surface area contributed by atoms with Crippen molar-refractivity contribution in [1.29, 1.82) is 0 Å². The minimum atomic E-state index is -0.700. The van der Waals surface area contributed by atoms with Crippen LogP contribution in [-0.4, -0.2) is 32.3 Å². The number of halogens is 2. The van der Waals surface area contributed by atoms with Crippen molar-refractivity contribution in [3.8, 4) is 11.4 Å². The molecule has 0 unspecified atom stereocenters. The number of H-pyrrole nitrogens is 1. The maximum Gasteiger partial charge on any atom is 0.272 e. The van der Waals surface area contributed by atoms with Crippen LogP contribution in [0.25, 0.3) is 16.6 Å². The van der Waals surface area contributed by atoms with Gasteiger partial charge in [-0.2, -0.15) is 5.10 Å². The van der Waals surface area contributed by atoms with Gasteiger partial charge in [-0.05, 0) is 61.1 Å². The Labute approximate surface area is 181 Å². The Morgan fingerprint density at radius 2 is 2.12 bits per heavy atom. The first-order valence-corrected chi connectivity index (χ1v) is 10.6. The molecule has 1 amide bonds. The predicted molar refractivity (Wildman–Crippen MR) is 114 cm³/mol. The summed E-state index contributed by atoms with van der Waals surface area (Å²) >= 11 is 0. The fourth-order valence-corrected chi connectivity index (χ4v) is 4.90. The van der Waals surface area contributed by atoms with Crippen LogP contribution in [0.3, 0.4) is 0 Å². The minimum Gasteiger partial charge on any atom is -0.508 e. The van der Waals surface area contributed by atoms with Crippen LogP contribution in [0.15, 0.2) is 42.6 Å². The Bertz CT molecular complexity index is 1390. The lowest BCUT2D eigenvalue weighted by Crippen LogP contribution is -2.27. The number of rotatable bonds is 5. The molecule has 2 aliphatic rings. The van der Waals surface area contributed by atoms with Crippen molar-refractivity contribution < 1.29 is 18.7 Å². The normalized spacial score (nSPS) is 18.6. The molecule has 3 N–H and O–H groups in total. The highest BCUT2D eigenvalue weighted by molar-refractivity contribution is 5.94. The van der Waals surface area contributed by atoms with Crippen LogP contribution in [-0.2, 0) is 12.8 Å². The monoisotopic (exact) mass is 434 g/mol. The average Bonchev–Trinajstić information content (AvgIpc) is 3.08. The molecule has 2 aromatic carbocycles. The summed E-state index contributed by atoms with van der Waals surface area (Å²) in [6.07, 6.45) is 4.22. The van der Waals surface area contributed by atoms with Crippen LogP contribution >= 0.6 is 0 Å². The molecule has 1 saturated carbocycles. The van der Waals surface area contributed by atoms with Gasteiger partial charge in [0.2, 0.25) is 0 Å². The third kappa shape index (κ3) is 2.97. The molecule has 0 spiro atoms. The van der Waals surface area contributed by atoms with Crippen LogP contribution < -0.4 is 5.32 Å². The number of amides is 1. The van der Waals surface area contributed by atoms with E-state index in [-0.39, 0.29) is 23.3 Å². The van der Waals surface area contributed by atoms with E-state index in [0.29, 0.717) is 24.6 Å². The van der Waals surface area contributed by atoms with Crippen molar-refractivity contribution in [3.05, 3.63) is 76.7 Å². The smallest absolute Gasteiger partial charge is 0.272 e. The second kappa shape index (κ2) is 6.91. The largest absolute Gasteiger partial charge is 0.508 e. The number of phenols is 1. The van der Waals surface area contributed by atoms with E-state index in [9.17, 15) is 18.7 Å². The van der Waals surface area contributed by atoms with Crippen LogP contribution in [0.4, 0.5) is 8.78 Å². The van der Waals surface area contributed by atoms with Crippen molar-refractivity contribution >= 4 is 16.8 Å². The molecule has 0 bridgehead atoms. The number of carbonyl (C=O) groups is 1. The number of phenolic OH excluding ortho intramolecular Hbond substituents is 1. The molecule has 6 rings (SSSR count). The molecule has 4 aromatic rings. The van der Waals surface area contributed by atoms with E-state index in [2.05, 4.69) is 15.4 Å². The number of nitrogens with zero attached hydrogens (tertiary/aromatic N) is 2. The number of hydrogen-bond donors (Lipinski definition) is 3. The summed E-state index contributed by atoms with van der Waals surface area (Å²) in [5.41, 5.74) is 4.12. The number of aromatic hydroxyl groups is 1. The third-order valence-corrected chi connectivity index (χ3v) is 6.55. The lowest BCUT2D eigenvalue weighted by Gasteiger charge is -2.07. The number of aromatic amines is 1. The Balaban J connectivity index is 1.25. The molecule has 0 radical (unpaired) electrons. The summed E-state index contributed by atoms with van der Waals surface area (Å²) in [6, 6.07) is 8.52. The van der Waals surface area contributed by atoms with Crippen molar-refractivity contribution in [2.75, 3.05) is 6.54 Å². The zero-order chi connectivity index (χ0) is 22.0. The van der Waals surface area contributed by atoms with Crippen molar-refractivity contribution in [1.82, 2.24) is 20.1 Å². The van der Waals surface area contributed by atoms with E-state index < -0.39 is 11.6 Å². The molecule has 32 heavy (non-hydrogen) atoms. The highest BCUT2D eigenvalue weighted by Crippen LogP contribution is 2.57. The van der Waals surface area contributed by atoms with Crippen LogP contribution in [0.1, 0.15) is 39.6 Å². The van der Waals surface area contributed by atoms with E-state index in [1.54, 1.807) is 12.1 Å². The lowest BCUT2D eigenvalue weighted by molar-refractivity contribution is 0.0947. The van der Waals surface area contributed by atoms with E-state index in [1.807, 2.05) is 12.3 Å². The summed E-state index contributed by atoms with van der Waals surface area (Å²) < 4.78 is 29.3. The number of carbonyl (C=O) groups excluding carboxylic acids is 1. The van der Waals surface area contributed by atoms with Crippen molar-refractivity contribution in [2.24, 2.45) is 5.92 Å². The van der Waals surface area contributed by atoms with Gasteiger partial charge < -0.3 is 15.4 Å². The van der Waals surface area contributed by atoms with Crippen LogP contribution in [0, 0.1) is 17.6 Å². The Hall–Kier alpha value is -3.68. The second-order valence-corrected chi connectivity index (χ2v) is 8.58. The highest BCUT2D eigenvalue weighted by atomic mass is 19.1.